The van der Waals surface area contributed by atoms with Gasteiger partial charge in [-0.3, -0.25) is 28.8 Å². The molecule has 3 aliphatic carbocycles. The molecule has 6 heterocycles. The number of carbonyl (C=O) groups excluding carboxylic acids is 3. The fourth-order valence-electron chi connectivity index (χ4n) is 10.5. The molecule has 3 aromatic carbocycles. The maximum Gasteiger partial charge on any atom is 0.511 e. The van der Waals surface area contributed by atoms with E-state index in [0.29, 0.717) is 63.1 Å². The molecule has 0 atom stereocenters. The molecule has 3 aromatic heterocycles. The fraction of sp³-hybridized carbons (Fsp3) is 0.400. The summed E-state index contributed by atoms with van der Waals surface area (Å²) in [5, 5.41) is 26.3. The number of aromatic nitrogens is 3. The Bertz CT molecular complexity index is 3900. The Hall–Kier alpha value is -9.37. The number of nitrogens with zero attached hydrogens (tertiary/aromatic N) is 9. The molecule has 3 saturated carbocycles. The van der Waals surface area contributed by atoms with E-state index in [1.807, 2.05) is 6.92 Å². The second kappa shape index (κ2) is 22.5. The van der Waals surface area contributed by atoms with Crippen molar-refractivity contribution in [3.05, 3.63) is 103 Å². The minimum absolute atomic E-state index is 0.0577. The molecule has 6 aliphatic rings. The standard InChI is InChI=1S/C19H20FN3O5.C18H17F2N3O5.C18H18FN3O5/c1-2-21-5-6-22(10-17(21)24)15-8-14-12(7-13(15)20)18(25)16(28-19(26)27)9-23(14)11-3-4-11;1-21-4-5-22(8-13(21)24)16-11(19)6-10-15(14(16)20)23(9-2-3-9)7-12(17(10)25)28-18(26)27;1-20-4-5-21(9-16(20)23)14-7-13-11(6-12(14)19)17(24)15(27-18(25)26)8-22(13)10-2-3-10/h7-9,11H,2-6,10H2,1H3,(H,26,27);6-7,9H,2-5,8H2,1H3,(H,26,27);6-8,10H,2-5,9H2,1H3,(H,25,26). The highest BCUT2D eigenvalue weighted by atomic mass is 19.1. The number of ether oxygens (including phenoxy) is 3. The van der Waals surface area contributed by atoms with Crippen molar-refractivity contribution in [2.24, 2.45) is 0 Å². The highest BCUT2D eigenvalue weighted by molar-refractivity contribution is 5.91. The molecule has 3 amide bonds. The third-order valence-electron chi connectivity index (χ3n) is 15.3. The van der Waals surface area contributed by atoms with Crippen LogP contribution in [0.15, 0.2) is 63.3 Å². The fourth-order valence-corrected chi connectivity index (χ4v) is 10.5. The average Bonchev–Trinajstić information content (AvgIpc) is 2.48. The van der Waals surface area contributed by atoms with E-state index in [9.17, 15) is 56.3 Å². The first kappa shape index (κ1) is 56.9. The Labute approximate surface area is 466 Å². The minimum atomic E-state index is -1.69. The summed E-state index contributed by atoms with van der Waals surface area (Å²) in [5.41, 5.74) is -1.22. The van der Waals surface area contributed by atoms with E-state index < -0.39 is 63.8 Å². The van der Waals surface area contributed by atoms with Gasteiger partial charge in [-0.25, -0.2) is 31.9 Å². The van der Waals surface area contributed by atoms with Gasteiger partial charge in [0.1, 0.15) is 23.1 Å². The van der Waals surface area contributed by atoms with Crippen LogP contribution in [-0.4, -0.2) is 159 Å². The number of hydrogen-bond donors (Lipinski definition) is 3. The second-order valence-corrected chi connectivity index (χ2v) is 20.9. The molecule has 28 heteroatoms. The van der Waals surface area contributed by atoms with E-state index in [4.69, 9.17) is 15.3 Å². The van der Waals surface area contributed by atoms with Gasteiger partial charge in [-0.15, -0.1) is 0 Å². The molecule has 0 bridgehead atoms. The van der Waals surface area contributed by atoms with Crippen LogP contribution in [0, 0.1) is 23.3 Å². The number of carbonyl (C=O) groups is 6. The van der Waals surface area contributed by atoms with Crippen LogP contribution < -0.4 is 45.2 Å². The van der Waals surface area contributed by atoms with Crippen molar-refractivity contribution in [2.45, 2.75) is 63.6 Å². The lowest BCUT2D eigenvalue weighted by Crippen LogP contribution is -2.50. The molecule has 0 unspecified atom stereocenters. The number of likely N-dealkylation sites (N-methyl/N-ethyl adjacent to an activating group) is 3. The van der Waals surface area contributed by atoms with Crippen molar-refractivity contribution in [2.75, 3.05) is 94.2 Å². The quantitative estimate of drug-likeness (QED) is 0.105. The van der Waals surface area contributed by atoms with Crippen LogP contribution >= 0.6 is 0 Å². The van der Waals surface area contributed by atoms with Crippen molar-refractivity contribution < 1.29 is 75.9 Å². The van der Waals surface area contributed by atoms with Crippen LogP contribution in [0.5, 0.6) is 17.2 Å². The molecule has 0 radical (unpaired) electrons. The molecule has 3 aliphatic heterocycles. The molecule has 0 spiro atoms. The molecule has 3 N–H and O–H groups in total. The minimum Gasteiger partial charge on any atom is -0.449 e. The highest BCUT2D eigenvalue weighted by Gasteiger charge is 2.35. The number of benzene rings is 3. The Morgan fingerprint density at radius 3 is 1.28 bits per heavy atom. The van der Waals surface area contributed by atoms with Crippen LogP contribution in [0.4, 0.5) is 49.0 Å². The van der Waals surface area contributed by atoms with Gasteiger partial charge in [-0.2, -0.15) is 0 Å². The Morgan fingerprint density at radius 2 is 0.867 bits per heavy atom. The van der Waals surface area contributed by atoms with E-state index in [1.165, 1.54) is 26.8 Å². The molecule has 6 fully saturated rings. The first-order valence-corrected chi connectivity index (χ1v) is 26.6. The topological polar surface area (TPSA) is 276 Å². The molecule has 3 saturated heterocycles. The Kier molecular flexibility index (Phi) is 15.4. The van der Waals surface area contributed by atoms with Crippen molar-refractivity contribution >= 4 is 86.0 Å². The second-order valence-electron chi connectivity index (χ2n) is 20.9. The zero-order chi connectivity index (χ0) is 59.5. The lowest BCUT2D eigenvalue weighted by Gasteiger charge is -2.35. The van der Waals surface area contributed by atoms with Gasteiger partial charge in [0.25, 0.3) is 0 Å². The summed E-state index contributed by atoms with van der Waals surface area (Å²) in [6.07, 6.45) is 3.96. The highest BCUT2D eigenvalue weighted by Crippen LogP contribution is 2.42. The predicted molar refractivity (Wildman–Crippen MR) is 289 cm³/mol. The monoisotopic (exact) mass is 1160 g/mol. The number of halogens is 4. The van der Waals surface area contributed by atoms with Crippen LogP contribution in [0.25, 0.3) is 32.7 Å². The molecule has 12 rings (SSSR count). The number of anilines is 3. The zero-order valence-corrected chi connectivity index (χ0v) is 44.9. The van der Waals surface area contributed by atoms with Crippen molar-refractivity contribution in [3.63, 3.8) is 0 Å². The van der Waals surface area contributed by atoms with E-state index in [2.05, 4.69) is 14.2 Å². The van der Waals surface area contributed by atoms with Crippen LogP contribution in [0.3, 0.4) is 0 Å². The molecule has 83 heavy (non-hydrogen) atoms. The number of fused-ring (bicyclic) bond motifs is 3. The van der Waals surface area contributed by atoms with Gasteiger partial charge >= 0.3 is 18.5 Å². The Morgan fingerprint density at radius 1 is 0.494 bits per heavy atom. The van der Waals surface area contributed by atoms with E-state index in [0.717, 1.165) is 50.1 Å². The largest absolute Gasteiger partial charge is 0.511 e. The van der Waals surface area contributed by atoms with Gasteiger partial charge in [0.15, 0.2) is 23.1 Å². The third kappa shape index (κ3) is 11.6. The van der Waals surface area contributed by atoms with E-state index in [1.54, 1.807) is 55.0 Å². The smallest absolute Gasteiger partial charge is 0.449 e. The first-order chi connectivity index (χ1) is 39.5. The van der Waals surface area contributed by atoms with Gasteiger partial charge in [-0.1, -0.05) is 0 Å². The SMILES string of the molecule is CCN1CCN(c2cc3c(cc2F)c(=O)c(OC(=O)O)cn3C2CC2)CC1=O.CN1CCN(c2c(F)cc3c(=O)c(OC(=O)O)cn(C4CC4)c3c2F)CC1=O.CN1CCN(c2cc3c(cc2F)c(=O)c(OC(=O)O)cn3C2CC2)CC1=O. The van der Waals surface area contributed by atoms with Gasteiger partial charge in [0.05, 0.1) is 82.3 Å². The zero-order valence-electron chi connectivity index (χ0n) is 44.9. The van der Waals surface area contributed by atoms with Gasteiger partial charge in [0, 0.05) is 78.0 Å². The Balaban J connectivity index is 0.000000139. The molecular formula is C55H55F4N9O15. The van der Waals surface area contributed by atoms with Gasteiger partial charge < -0.3 is 72.6 Å². The summed E-state index contributed by atoms with van der Waals surface area (Å²) in [6.45, 7) is 5.00. The number of pyridine rings is 3. The van der Waals surface area contributed by atoms with Gasteiger partial charge in [0.2, 0.25) is 34.0 Å². The summed E-state index contributed by atoms with van der Waals surface area (Å²) >= 11 is 0. The number of carboxylic acid groups (broad SMARTS) is 3. The summed E-state index contributed by atoms with van der Waals surface area (Å²) < 4.78 is 78.5. The van der Waals surface area contributed by atoms with Crippen molar-refractivity contribution in [3.8, 4) is 17.2 Å². The van der Waals surface area contributed by atoms with Crippen LogP contribution in [-0.2, 0) is 14.4 Å². The van der Waals surface area contributed by atoms with Crippen LogP contribution in [0.1, 0.15) is 63.6 Å². The molecule has 438 valence electrons. The maximum atomic E-state index is 15.4. The summed E-state index contributed by atoms with van der Waals surface area (Å²) in [7, 11) is 3.31. The number of piperazine rings is 3. The number of rotatable bonds is 10. The summed E-state index contributed by atoms with van der Waals surface area (Å²) in [5.74, 6) is -4.84. The van der Waals surface area contributed by atoms with Crippen molar-refractivity contribution in [1.82, 2.24) is 28.4 Å². The summed E-state index contributed by atoms with van der Waals surface area (Å²) in [6, 6.07) is 6.30. The maximum absolute atomic E-state index is 15.4. The summed E-state index contributed by atoms with van der Waals surface area (Å²) in [4.78, 5) is 116. The van der Waals surface area contributed by atoms with E-state index >= 15 is 4.39 Å². The lowest BCUT2D eigenvalue weighted by atomic mass is 10.1. The van der Waals surface area contributed by atoms with Crippen LogP contribution in [0.2, 0.25) is 0 Å². The molecular weight excluding hydrogens is 1100 g/mol. The van der Waals surface area contributed by atoms with E-state index in [-0.39, 0.29) is 112 Å². The van der Waals surface area contributed by atoms with Gasteiger partial charge in [-0.05, 0) is 75.8 Å². The van der Waals surface area contributed by atoms with Crippen molar-refractivity contribution in [1.29, 1.82) is 0 Å². The number of amides is 3. The molecule has 6 aromatic rings. The molecule has 24 nitrogen and oxygen atoms in total. The third-order valence-corrected chi connectivity index (χ3v) is 15.3. The number of hydrogen-bond acceptors (Lipinski definition) is 15. The average molecular weight is 1160 g/mol. The predicted octanol–water partition coefficient (Wildman–Crippen LogP) is 5.96. The normalized spacial score (nSPS) is 17.4. The lowest BCUT2D eigenvalue weighted by molar-refractivity contribution is -0.131. The first-order valence-electron chi connectivity index (χ1n) is 26.6.